The van der Waals surface area contributed by atoms with Crippen molar-refractivity contribution in [3.63, 3.8) is 0 Å². The molecule has 0 aliphatic carbocycles. The first-order chi connectivity index (χ1) is 18.0. The second-order valence-corrected chi connectivity index (χ2v) is 8.31. The quantitative estimate of drug-likeness (QED) is 0.301. The molecule has 2 aromatic carbocycles. The summed E-state index contributed by atoms with van der Waals surface area (Å²) in [6.07, 6.45) is 3.03. The molecule has 0 fully saturated rings. The number of para-hydroxylation sites is 1. The van der Waals surface area contributed by atoms with Gasteiger partial charge in [0.25, 0.3) is 0 Å². The van der Waals surface area contributed by atoms with E-state index in [1.165, 1.54) is 10.9 Å². The summed E-state index contributed by atoms with van der Waals surface area (Å²) >= 11 is 0. The highest BCUT2D eigenvalue weighted by Crippen LogP contribution is 2.30. The third-order valence-electron chi connectivity index (χ3n) is 5.97. The first-order valence-corrected chi connectivity index (χ1v) is 11.6. The maximum atomic E-state index is 11.4. The van der Waals surface area contributed by atoms with E-state index >= 15 is 0 Å². The number of carboxylic acid groups (broad SMARTS) is 1. The lowest BCUT2D eigenvalue weighted by atomic mass is 10.1. The molecule has 184 valence electrons. The molecular weight excluding hydrogens is 468 g/mol. The Bertz CT molecular complexity index is 1540. The van der Waals surface area contributed by atoms with Crippen LogP contribution in [-0.4, -0.2) is 37.9 Å². The number of methoxy groups -OCH3 is 1. The van der Waals surface area contributed by atoms with E-state index in [1.807, 2.05) is 72.8 Å². The van der Waals surface area contributed by atoms with Gasteiger partial charge in [0.1, 0.15) is 23.7 Å². The Labute approximate surface area is 213 Å². The largest absolute Gasteiger partial charge is 0.495 e. The third-order valence-corrected chi connectivity index (χ3v) is 5.97. The lowest BCUT2D eigenvalue weighted by Gasteiger charge is -2.13. The molecule has 0 amide bonds. The highest BCUT2D eigenvalue weighted by Gasteiger charge is 2.16. The fourth-order valence-corrected chi connectivity index (χ4v) is 3.95. The average molecular weight is 493 g/mol. The van der Waals surface area contributed by atoms with Gasteiger partial charge in [0.05, 0.1) is 36.6 Å². The Morgan fingerprint density at radius 1 is 0.919 bits per heavy atom. The number of carboxylic acids is 1. The molecule has 37 heavy (non-hydrogen) atoms. The van der Waals surface area contributed by atoms with Crippen molar-refractivity contribution in [2.45, 2.75) is 13.5 Å². The zero-order chi connectivity index (χ0) is 25.8. The average Bonchev–Trinajstić information content (AvgIpc) is 3.34. The van der Waals surface area contributed by atoms with Crippen LogP contribution in [0.4, 0.5) is 0 Å². The van der Waals surface area contributed by atoms with E-state index in [1.54, 1.807) is 26.3 Å². The van der Waals surface area contributed by atoms with Gasteiger partial charge in [-0.05, 0) is 48.9 Å². The summed E-state index contributed by atoms with van der Waals surface area (Å²) in [7, 11) is 1.62. The van der Waals surface area contributed by atoms with Gasteiger partial charge in [-0.15, -0.1) is 0 Å². The molecule has 5 rings (SSSR count). The molecule has 3 aromatic heterocycles. The minimum atomic E-state index is -1.02. The minimum Gasteiger partial charge on any atom is -0.495 e. The van der Waals surface area contributed by atoms with Crippen LogP contribution < -0.4 is 9.47 Å². The molecule has 8 heteroatoms. The Morgan fingerprint density at radius 2 is 1.73 bits per heavy atom. The summed E-state index contributed by atoms with van der Waals surface area (Å²) in [6, 6.07) is 25.1. The van der Waals surface area contributed by atoms with Gasteiger partial charge in [-0.2, -0.15) is 5.10 Å². The second kappa shape index (κ2) is 10.3. The summed E-state index contributed by atoms with van der Waals surface area (Å²) < 4.78 is 12.9. The van der Waals surface area contributed by atoms with Crippen LogP contribution in [0.2, 0.25) is 0 Å². The molecule has 0 unspecified atom stereocenters. The molecule has 1 N–H and O–H groups in total. The predicted molar refractivity (Wildman–Crippen MR) is 139 cm³/mol. The molecule has 0 aliphatic heterocycles. The fraction of sp³-hybridized carbons (Fsp3) is 0.103. The van der Waals surface area contributed by atoms with Gasteiger partial charge in [0, 0.05) is 11.1 Å². The molecule has 0 saturated heterocycles. The van der Waals surface area contributed by atoms with Crippen LogP contribution in [0.3, 0.4) is 0 Å². The second-order valence-electron chi connectivity index (χ2n) is 8.31. The van der Waals surface area contributed by atoms with Crippen molar-refractivity contribution in [1.82, 2.24) is 19.7 Å². The Morgan fingerprint density at radius 3 is 2.43 bits per heavy atom. The van der Waals surface area contributed by atoms with Crippen LogP contribution in [0, 0.1) is 6.92 Å². The summed E-state index contributed by atoms with van der Waals surface area (Å²) in [5, 5.41) is 13.6. The van der Waals surface area contributed by atoms with Gasteiger partial charge in [-0.3, -0.25) is 4.98 Å². The van der Waals surface area contributed by atoms with E-state index in [0.29, 0.717) is 29.6 Å². The van der Waals surface area contributed by atoms with E-state index in [9.17, 15) is 9.90 Å². The summed E-state index contributed by atoms with van der Waals surface area (Å²) in [5.74, 6) is 0.917. The molecule has 8 nitrogen and oxygen atoms in total. The number of benzene rings is 2. The molecule has 0 radical (unpaired) electrons. The van der Waals surface area contributed by atoms with Crippen molar-refractivity contribution in [3.8, 4) is 39.8 Å². The van der Waals surface area contributed by atoms with Gasteiger partial charge in [0.15, 0.2) is 5.82 Å². The van der Waals surface area contributed by atoms with E-state index < -0.39 is 5.97 Å². The monoisotopic (exact) mass is 492 g/mol. The molecule has 0 atom stereocenters. The highest BCUT2D eigenvalue weighted by atomic mass is 16.5. The van der Waals surface area contributed by atoms with Gasteiger partial charge >= 0.3 is 5.97 Å². The van der Waals surface area contributed by atoms with E-state index in [0.717, 1.165) is 28.1 Å². The van der Waals surface area contributed by atoms with Crippen LogP contribution >= 0.6 is 0 Å². The number of aromatic nitrogens is 4. The third kappa shape index (κ3) is 5.04. The SMILES string of the molecule is COc1ccc(-c2ccc(COc3ccccc3-c3cccc(-n4ncc(C(=O)O)c4C)n3)cc2)nc1. The number of hydrogen-bond donors (Lipinski definition) is 1. The standard InChI is InChI=1S/C29H24N4O4/c1-19-24(29(34)35)17-31-33(19)28-9-5-7-26(32-28)23-6-3-4-8-27(23)37-18-20-10-12-21(13-11-20)25-15-14-22(36-2)16-30-25/h3-17H,18H2,1-2H3,(H,34,35). The van der Waals surface area contributed by atoms with Crippen LogP contribution in [0.1, 0.15) is 21.6 Å². The van der Waals surface area contributed by atoms with Gasteiger partial charge in [-0.1, -0.05) is 42.5 Å². The first-order valence-electron chi connectivity index (χ1n) is 11.6. The number of hydrogen-bond acceptors (Lipinski definition) is 6. The molecule has 0 aliphatic rings. The van der Waals surface area contributed by atoms with E-state index in [4.69, 9.17) is 14.5 Å². The number of nitrogens with zero attached hydrogens (tertiary/aromatic N) is 4. The van der Waals surface area contributed by atoms with Gasteiger partial charge in [-0.25, -0.2) is 14.5 Å². The van der Waals surface area contributed by atoms with Crippen LogP contribution in [0.5, 0.6) is 11.5 Å². The summed E-state index contributed by atoms with van der Waals surface area (Å²) in [6.45, 7) is 2.09. The minimum absolute atomic E-state index is 0.143. The topological polar surface area (TPSA) is 99.4 Å². The number of carbonyl (C=O) groups is 1. The van der Waals surface area contributed by atoms with Crippen molar-refractivity contribution in [2.24, 2.45) is 0 Å². The molecule has 3 heterocycles. The lowest BCUT2D eigenvalue weighted by molar-refractivity contribution is 0.0696. The van der Waals surface area contributed by atoms with Crippen LogP contribution in [0.15, 0.2) is 91.3 Å². The van der Waals surface area contributed by atoms with Crippen molar-refractivity contribution >= 4 is 5.97 Å². The predicted octanol–water partition coefficient (Wildman–Crippen LogP) is 5.59. The van der Waals surface area contributed by atoms with Gasteiger partial charge < -0.3 is 14.6 Å². The maximum Gasteiger partial charge on any atom is 0.339 e. The highest BCUT2D eigenvalue weighted by molar-refractivity contribution is 5.88. The van der Waals surface area contributed by atoms with Crippen molar-refractivity contribution in [3.05, 3.63) is 108 Å². The zero-order valence-corrected chi connectivity index (χ0v) is 20.3. The number of aromatic carboxylic acids is 1. The van der Waals surface area contributed by atoms with Gasteiger partial charge in [0.2, 0.25) is 0 Å². The summed E-state index contributed by atoms with van der Waals surface area (Å²) in [5.41, 5.74) is 5.06. The van der Waals surface area contributed by atoms with Crippen molar-refractivity contribution in [2.75, 3.05) is 7.11 Å². The Balaban J connectivity index is 1.35. The number of pyridine rings is 2. The normalized spacial score (nSPS) is 10.8. The molecule has 5 aromatic rings. The number of rotatable bonds is 8. The number of ether oxygens (including phenoxy) is 2. The lowest BCUT2D eigenvalue weighted by Crippen LogP contribution is -2.05. The van der Waals surface area contributed by atoms with Crippen LogP contribution in [0.25, 0.3) is 28.3 Å². The van der Waals surface area contributed by atoms with Crippen LogP contribution in [-0.2, 0) is 6.61 Å². The fourth-order valence-electron chi connectivity index (χ4n) is 3.95. The molecule has 0 spiro atoms. The Kier molecular flexibility index (Phi) is 6.63. The Hall–Kier alpha value is -4.98. The smallest absolute Gasteiger partial charge is 0.339 e. The molecule has 0 saturated carbocycles. The maximum absolute atomic E-state index is 11.4. The zero-order valence-electron chi connectivity index (χ0n) is 20.3. The first kappa shape index (κ1) is 23.7. The molecular formula is C29H24N4O4. The van der Waals surface area contributed by atoms with E-state index in [-0.39, 0.29) is 5.56 Å². The van der Waals surface area contributed by atoms with E-state index in [2.05, 4.69) is 10.1 Å². The summed E-state index contributed by atoms with van der Waals surface area (Å²) in [4.78, 5) is 20.6. The van der Waals surface area contributed by atoms with Crippen molar-refractivity contribution in [1.29, 1.82) is 0 Å². The van der Waals surface area contributed by atoms with Crippen molar-refractivity contribution < 1.29 is 19.4 Å². The molecule has 0 bridgehead atoms.